The number of fused-ring (bicyclic) bond motifs is 5. The number of aliphatic hydroxyl groups is 4. The molecule has 0 saturated heterocycles. The van der Waals surface area contributed by atoms with Crippen molar-refractivity contribution < 1.29 is 30.0 Å². The van der Waals surface area contributed by atoms with Crippen molar-refractivity contribution in [1.82, 2.24) is 0 Å². The molecule has 11 unspecified atom stereocenters. The fourth-order valence-electron chi connectivity index (χ4n) is 9.50. The summed E-state index contributed by atoms with van der Waals surface area (Å²) in [7, 11) is 0. The second kappa shape index (κ2) is 9.25. The number of ether oxygens (including phenoxy) is 1. The van der Waals surface area contributed by atoms with E-state index in [9.17, 15) is 25.2 Å². The smallest absolute Gasteiger partial charge is 0.302 e. The van der Waals surface area contributed by atoms with Gasteiger partial charge in [0.15, 0.2) is 0 Å². The second-order valence-electron chi connectivity index (χ2n) is 13.7. The van der Waals surface area contributed by atoms with Crippen LogP contribution in [0.4, 0.5) is 0 Å². The summed E-state index contributed by atoms with van der Waals surface area (Å²) in [5.41, 5.74) is -3.38. The highest BCUT2D eigenvalue weighted by atomic mass is 16.5. The van der Waals surface area contributed by atoms with Crippen LogP contribution >= 0.6 is 0 Å². The van der Waals surface area contributed by atoms with Gasteiger partial charge in [-0.25, -0.2) is 0 Å². The molecule has 0 aromatic rings. The number of rotatable bonds is 6. The summed E-state index contributed by atoms with van der Waals surface area (Å²) in [6.45, 7) is 12.5. The first-order valence-corrected chi connectivity index (χ1v) is 14.2. The number of carbonyl (C=O) groups excluding carboxylic acids is 1. The van der Waals surface area contributed by atoms with Crippen LogP contribution in [0.1, 0.15) is 106 Å². The Morgan fingerprint density at radius 3 is 2.26 bits per heavy atom. The predicted octanol–water partition coefficient (Wildman–Crippen LogP) is 4.21. The van der Waals surface area contributed by atoms with Gasteiger partial charge in [-0.2, -0.15) is 0 Å². The highest BCUT2D eigenvalue weighted by molar-refractivity contribution is 5.66. The minimum absolute atomic E-state index is 0.00768. The van der Waals surface area contributed by atoms with Crippen molar-refractivity contribution in [3.05, 3.63) is 0 Å². The summed E-state index contributed by atoms with van der Waals surface area (Å²) in [5.74, 6) is 1.10. The van der Waals surface area contributed by atoms with Crippen molar-refractivity contribution in [2.24, 2.45) is 40.4 Å². The maximum absolute atomic E-state index is 12.4. The van der Waals surface area contributed by atoms with Gasteiger partial charge in [-0.3, -0.25) is 4.79 Å². The summed E-state index contributed by atoms with van der Waals surface area (Å²) in [4.78, 5) is 11.9. The molecule has 0 bridgehead atoms. The van der Waals surface area contributed by atoms with Crippen LogP contribution in [0.3, 0.4) is 0 Å². The molecule has 6 nitrogen and oxygen atoms in total. The van der Waals surface area contributed by atoms with Crippen molar-refractivity contribution in [2.45, 2.75) is 135 Å². The van der Waals surface area contributed by atoms with E-state index in [0.29, 0.717) is 37.5 Å². The molecule has 4 rings (SSSR count). The zero-order valence-electron chi connectivity index (χ0n) is 22.8. The van der Waals surface area contributed by atoms with E-state index in [0.717, 1.165) is 32.1 Å². The van der Waals surface area contributed by atoms with E-state index in [1.165, 1.54) is 6.92 Å². The van der Waals surface area contributed by atoms with Gasteiger partial charge in [-0.15, -0.1) is 0 Å². The van der Waals surface area contributed by atoms with E-state index >= 15 is 0 Å². The lowest BCUT2D eigenvalue weighted by Crippen LogP contribution is -2.76. The fraction of sp³-hybridized carbons (Fsp3) is 0.966. The summed E-state index contributed by atoms with van der Waals surface area (Å²) in [5, 5.41) is 45.6. The van der Waals surface area contributed by atoms with Crippen molar-refractivity contribution in [1.29, 1.82) is 0 Å². The van der Waals surface area contributed by atoms with E-state index in [1.54, 1.807) is 0 Å². The summed E-state index contributed by atoms with van der Waals surface area (Å²) in [6, 6.07) is 0. The van der Waals surface area contributed by atoms with Gasteiger partial charge in [-0.1, -0.05) is 34.6 Å². The van der Waals surface area contributed by atoms with E-state index in [-0.39, 0.29) is 41.7 Å². The molecule has 4 saturated carbocycles. The van der Waals surface area contributed by atoms with Gasteiger partial charge in [0.1, 0.15) is 11.7 Å². The molecule has 0 amide bonds. The monoisotopic (exact) mass is 494 g/mol. The summed E-state index contributed by atoms with van der Waals surface area (Å²) < 4.78 is 5.87. The molecule has 4 fully saturated rings. The van der Waals surface area contributed by atoms with Crippen LogP contribution in [0.25, 0.3) is 0 Å². The van der Waals surface area contributed by atoms with Gasteiger partial charge in [0, 0.05) is 18.8 Å². The van der Waals surface area contributed by atoms with Gasteiger partial charge in [0.25, 0.3) is 0 Å². The zero-order valence-corrected chi connectivity index (χ0v) is 22.8. The Balaban J connectivity index is 1.61. The minimum atomic E-state index is -1.47. The SMILES string of the molecule is CC(=O)OC(CCC(C)C)C(C)C1CCC2C3CC(O)C4(O)CC(O)CCC4(C)C3(O)CCC12C. The predicted molar refractivity (Wildman–Crippen MR) is 134 cm³/mol. The molecule has 4 aliphatic rings. The Morgan fingerprint density at radius 1 is 0.943 bits per heavy atom. The molecule has 202 valence electrons. The van der Waals surface area contributed by atoms with E-state index < -0.39 is 28.8 Å². The molecular formula is C29H50O6. The average Bonchev–Trinajstić information content (AvgIpc) is 3.11. The standard InChI is InChI=1S/C29H50O6/c1-17(2)7-10-24(35-19(4)30)18(3)21-8-9-22-23-15-25(32)29(34)16-20(31)11-12-27(29,6)28(23,33)14-13-26(21,22)5/h17-18,20-25,31-34H,7-16H2,1-6H3. The van der Waals surface area contributed by atoms with Crippen LogP contribution in [-0.4, -0.2) is 55.9 Å². The van der Waals surface area contributed by atoms with E-state index in [4.69, 9.17) is 4.74 Å². The van der Waals surface area contributed by atoms with Crippen molar-refractivity contribution >= 4 is 5.97 Å². The van der Waals surface area contributed by atoms with E-state index in [1.807, 2.05) is 6.92 Å². The largest absolute Gasteiger partial charge is 0.462 e. The summed E-state index contributed by atoms with van der Waals surface area (Å²) in [6.07, 6.45) is 5.23. The third-order valence-electron chi connectivity index (χ3n) is 11.7. The summed E-state index contributed by atoms with van der Waals surface area (Å²) >= 11 is 0. The number of esters is 1. The highest BCUT2D eigenvalue weighted by Gasteiger charge is 2.73. The fourth-order valence-corrected chi connectivity index (χ4v) is 9.50. The van der Waals surface area contributed by atoms with Crippen LogP contribution in [0, 0.1) is 40.4 Å². The van der Waals surface area contributed by atoms with Crippen molar-refractivity contribution in [2.75, 3.05) is 0 Å². The van der Waals surface area contributed by atoms with Crippen LogP contribution in [0.15, 0.2) is 0 Å². The first-order valence-electron chi connectivity index (χ1n) is 14.2. The Morgan fingerprint density at radius 2 is 1.63 bits per heavy atom. The number of carbonyl (C=O) groups is 1. The van der Waals surface area contributed by atoms with Gasteiger partial charge < -0.3 is 25.2 Å². The molecular weight excluding hydrogens is 444 g/mol. The number of hydrogen-bond donors (Lipinski definition) is 4. The lowest BCUT2D eigenvalue weighted by atomic mass is 9.40. The number of aliphatic hydroxyl groups excluding tert-OH is 2. The average molecular weight is 495 g/mol. The lowest BCUT2D eigenvalue weighted by Gasteiger charge is -2.69. The topological polar surface area (TPSA) is 107 Å². The van der Waals surface area contributed by atoms with Crippen LogP contribution in [0.2, 0.25) is 0 Å². The first kappa shape index (κ1) is 27.3. The molecule has 6 heteroatoms. The molecule has 11 atom stereocenters. The van der Waals surface area contributed by atoms with Gasteiger partial charge in [-0.05, 0) is 92.8 Å². The Bertz CT molecular complexity index is 800. The molecule has 0 aliphatic heterocycles. The second-order valence-corrected chi connectivity index (χ2v) is 13.7. The van der Waals surface area contributed by atoms with Crippen molar-refractivity contribution in [3.63, 3.8) is 0 Å². The third-order valence-corrected chi connectivity index (χ3v) is 11.7. The maximum atomic E-state index is 12.4. The van der Waals surface area contributed by atoms with Gasteiger partial charge >= 0.3 is 5.97 Å². The van der Waals surface area contributed by atoms with Gasteiger partial charge in [0.2, 0.25) is 0 Å². The Labute approximate surface area is 211 Å². The third kappa shape index (κ3) is 4.09. The molecule has 0 spiro atoms. The highest BCUT2D eigenvalue weighted by Crippen LogP contribution is 2.70. The number of hydrogen-bond acceptors (Lipinski definition) is 6. The van der Waals surface area contributed by atoms with Crippen LogP contribution < -0.4 is 0 Å². The minimum Gasteiger partial charge on any atom is -0.462 e. The zero-order chi connectivity index (χ0) is 26.0. The van der Waals surface area contributed by atoms with Crippen molar-refractivity contribution in [3.8, 4) is 0 Å². The molecule has 0 heterocycles. The van der Waals surface area contributed by atoms with E-state index in [2.05, 4.69) is 27.7 Å². The Hall–Kier alpha value is -0.690. The maximum Gasteiger partial charge on any atom is 0.302 e. The quantitative estimate of drug-likeness (QED) is 0.412. The first-order chi connectivity index (χ1) is 16.2. The molecule has 0 aromatic heterocycles. The molecule has 0 radical (unpaired) electrons. The molecule has 35 heavy (non-hydrogen) atoms. The van der Waals surface area contributed by atoms with Crippen LogP contribution in [0.5, 0.6) is 0 Å². The molecule has 0 aromatic carbocycles. The normalized spacial score (nSPS) is 49.1. The lowest BCUT2D eigenvalue weighted by molar-refractivity contribution is -0.324. The Kier molecular flexibility index (Phi) is 7.23. The molecule has 4 N–H and O–H groups in total. The van der Waals surface area contributed by atoms with Crippen LogP contribution in [-0.2, 0) is 9.53 Å². The van der Waals surface area contributed by atoms with Gasteiger partial charge in [0.05, 0.1) is 17.8 Å². The molecule has 4 aliphatic carbocycles.